The minimum atomic E-state index is -0.137. The van der Waals surface area contributed by atoms with Crippen LogP contribution < -0.4 is 11.1 Å². The minimum Gasteiger partial charge on any atom is -0.375 e. The van der Waals surface area contributed by atoms with Crippen LogP contribution in [0.4, 0.5) is 5.13 Å². The number of hydrogen-bond donors (Lipinski definition) is 2. The smallest absolute Gasteiger partial charge is 0.271 e. The average molecular weight is 259 g/mol. The Bertz CT molecular complexity index is 341. The predicted molar refractivity (Wildman–Crippen MR) is 71.1 cm³/mol. The number of nitrogen functional groups attached to an aromatic ring is 1. The second-order valence-electron chi connectivity index (χ2n) is 3.43. The summed E-state index contributed by atoms with van der Waals surface area (Å²) in [7, 11) is 0. The van der Waals surface area contributed by atoms with Crippen LogP contribution in [0.5, 0.6) is 0 Å². The molecule has 1 aromatic rings. The van der Waals surface area contributed by atoms with Crippen LogP contribution in [0.2, 0.25) is 0 Å². The monoisotopic (exact) mass is 259 g/mol. The highest BCUT2D eigenvalue weighted by Gasteiger charge is 2.12. The van der Waals surface area contributed by atoms with Gasteiger partial charge in [-0.15, -0.1) is 11.3 Å². The number of amides is 1. The Morgan fingerprint density at radius 3 is 3.06 bits per heavy atom. The summed E-state index contributed by atoms with van der Waals surface area (Å²) in [6.07, 6.45) is 0.976. The first-order valence-electron chi connectivity index (χ1n) is 5.23. The number of carbonyl (C=O) groups is 1. The molecule has 1 aromatic heterocycles. The van der Waals surface area contributed by atoms with Gasteiger partial charge in [0, 0.05) is 11.4 Å². The quantitative estimate of drug-likeness (QED) is 0.767. The molecule has 0 saturated heterocycles. The molecule has 0 radical (unpaired) electrons. The minimum absolute atomic E-state index is 0.137. The molecule has 4 nitrogen and oxygen atoms in total. The fraction of sp³-hybridized carbons (Fsp3) is 0.600. The van der Waals surface area contributed by atoms with Crippen molar-refractivity contribution < 1.29 is 4.79 Å². The third-order valence-electron chi connectivity index (χ3n) is 2.03. The van der Waals surface area contributed by atoms with Crippen molar-refractivity contribution in [3.05, 3.63) is 11.1 Å². The van der Waals surface area contributed by atoms with E-state index < -0.39 is 0 Å². The van der Waals surface area contributed by atoms with Gasteiger partial charge >= 0.3 is 0 Å². The number of thioether (sulfide) groups is 1. The fourth-order valence-electron chi connectivity index (χ4n) is 1.17. The maximum atomic E-state index is 11.7. The van der Waals surface area contributed by atoms with Gasteiger partial charge in [0.25, 0.3) is 5.91 Å². The zero-order valence-corrected chi connectivity index (χ0v) is 11.2. The molecule has 1 rings (SSSR count). The maximum absolute atomic E-state index is 11.7. The number of carbonyl (C=O) groups excluding carboxylic acids is 1. The van der Waals surface area contributed by atoms with Gasteiger partial charge in [-0.25, -0.2) is 4.98 Å². The van der Waals surface area contributed by atoms with Crippen LogP contribution in [-0.2, 0) is 0 Å². The van der Waals surface area contributed by atoms with Crippen molar-refractivity contribution >= 4 is 34.1 Å². The lowest BCUT2D eigenvalue weighted by atomic mass is 10.2. The Balaban J connectivity index is 2.33. The van der Waals surface area contributed by atoms with Crippen LogP contribution in [0.25, 0.3) is 0 Å². The molecule has 0 aliphatic heterocycles. The zero-order valence-electron chi connectivity index (χ0n) is 9.53. The van der Waals surface area contributed by atoms with Gasteiger partial charge in [0.1, 0.15) is 5.69 Å². The zero-order chi connectivity index (χ0) is 12.0. The van der Waals surface area contributed by atoms with E-state index in [2.05, 4.69) is 17.2 Å². The molecule has 90 valence electrons. The normalized spacial score (nSPS) is 12.4. The number of hydrogen-bond acceptors (Lipinski definition) is 5. The summed E-state index contributed by atoms with van der Waals surface area (Å²) >= 11 is 3.16. The molecule has 1 atom stereocenters. The van der Waals surface area contributed by atoms with Gasteiger partial charge in [0.15, 0.2) is 5.13 Å². The highest BCUT2D eigenvalue weighted by Crippen LogP contribution is 2.11. The largest absolute Gasteiger partial charge is 0.375 e. The summed E-state index contributed by atoms with van der Waals surface area (Å²) in [5.74, 6) is 2.04. The van der Waals surface area contributed by atoms with Crippen LogP contribution in [0.3, 0.4) is 0 Å². The molecule has 1 heterocycles. The van der Waals surface area contributed by atoms with Gasteiger partial charge < -0.3 is 11.1 Å². The van der Waals surface area contributed by atoms with Crippen LogP contribution in [-0.4, -0.2) is 28.4 Å². The van der Waals surface area contributed by atoms with Crippen molar-refractivity contribution in [2.45, 2.75) is 26.3 Å². The topological polar surface area (TPSA) is 68.0 Å². The van der Waals surface area contributed by atoms with E-state index in [1.807, 2.05) is 18.7 Å². The first kappa shape index (κ1) is 13.3. The van der Waals surface area contributed by atoms with E-state index in [4.69, 9.17) is 5.73 Å². The lowest BCUT2D eigenvalue weighted by Crippen LogP contribution is -2.33. The van der Waals surface area contributed by atoms with E-state index in [9.17, 15) is 4.79 Å². The van der Waals surface area contributed by atoms with Crippen molar-refractivity contribution in [2.24, 2.45) is 0 Å². The summed E-state index contributed by atoms with van der Waals surface area (Å²) in [4.78, 5) is 15.6. The number of nitrogens with two attached hydrogens (primary N) is 1. The van der Waals surface area contributed by atoms with E-state index in [1.165, 1.54) is 11.3 Å². The van der Waals surface area contributed by atoms with Crippen molar-refractivity contribution in [3.8, 4) is 0 Å². The van der Waals surface area contributed by atoms with Crippen molar-refractivity contribution in [2.75, 3.05) is 17.2 Å². The van der Waals surface area contributed by atoms with Gasteiger partial charge in [-0.1, -0.05) is 6.92 Å². The second-order valence-corrected chi connectivity index (χ2v) is 5.71. The number of nitrogens with zero attached hydrogens (tertiary/aromatic N) is 1. The SMILES string of the molecule is CCSCCC(C)NC(=O)c1csc(N)n1. The molecular weight excluding hydrogens is 242 g/mol. The predicted octanol–water partition coefficient (Wildman–Crippen LogP) is 1.99. The molecule has 0 aliphatic rings. The molecule has 1 amide bonds. The van der Waals surface area contributed by atoms with Crippen molar-refractivity contribution in [1.82, 2.24) is 10.3 Å². The Labute approximate surface area is 104 Å². The van der Waals surface area contributed by atoms with E-state index in [-0.39, 0.29) is 11.9 Å². The van der Waals surface area contributed by atoms with E-state index >= 15 is 0 Å². The lowest BCUT2D eigenvalue weighted by Gasteiger charge is -2.12. The average Bonchev–Trinajstić information content (AvgIpc) is 2.65. The highest BCUT2D eigenvalue weighted by molar-refractivity contribution is 7.99. The summed E-state index contributed by atoms with van der Waals surface area (Å²) in [6, 6.07) is 0.175. The Kier molecular flexibility index (Phi) is 5.62. The van der Waals surface area contributed by atoms with Crippen LogP contribution in [0.15, 0.2) is 5.38 Å². The lowest BCUT2D eigenvalue weighted by molar-refractivity contribution is 0.0935. The Morgan fingerprint density at radius 1 is 1.75 bits per heavy atom. The van der Waals surface area contributed by atoms with Gasteiger partial charge in [0.05, 0.1) is 0 Å². The highest BCUT2D eigenvalue weighted by atomic mass is 32.2. The number of nitrogens with one attached hydrogen (secondary N) is 1. The van der Waals surface area contributed by atoms with Crippen LogP contribution >= 0.6 is 23.1 Å². The first-order valence-corrected chi connectivity index (χ1v) is 7.26. The second kappa shape index (κ2) is 6.75. The van der Waals surface area contributed by atoms with E-state index in [0.29, 0.717) is 10.8 Å². The van der Waals surface area contributed by atoms with Gasteiger partial charge in [-0.05, 0) is 24.9 Å². The molecular formula is C10H17N3OS2. The Hall–Kier alpha value is -0.750. The molecule has 0 spiro atoms. The molecule has 1 unspecified atom stereocenters. The summed E-state index contributed by atoms with van der Waals surface area (Å²) in [6.45, 7) is 4.13. The summed E-state index contributed by atoms with van der Waals surface area (Å²) in [5, 5.41) is 5.01. The molecule has 0 aliphatic carbocycles. The molecule has 16 heavy (non-hydrogen) atoms. The maximum Gasteiger partial charge on any atom is 0.271 e. The molecule has 0 fully saturated rings. The van der Waals surface area contributed by atoms with Crippen LogP contribution in [0.1, 0.15) is 30.8 Å². The molecule has 0 saturated carbocycles. The molecule has 3 N–H and O–H groups in total. The Morgan fingerprint density at radius 2 is 2.50 bits per heavy atom. The first-order chi connectivity index (χ1) is 7.63. The third-order valence-corrected chi connectivity index (χ3v) is 3.64. The van der Waals surface area contributed by atoms with Crippen molar-refractivity contribution in [3.63, 3.8) is 0 Å². The number of anilines is 1. The van der Waals surface area contributed by atoms with Gasteiger partial charge in [-0.3, -0.25) is 4.79 Å². The fourth-order valence-corrected chi connectivity index (χ4v) is 2.52. The summed E-state index contributed by atoms with van der Waals surface area (Å²) in [5.41, 5.74) is 5.88. The number of aromatic nitrogens is 1. The summed E-state index contributed by atoms with van der Waals surface area (Å²) < 4.78 is 0. The molecule has 0 bridgehead atoms. The molecule has 0 aromatic carbocycles. The van der Waals surface area contributed by atoms with E-state index in [1.54, 1.807) is 5.38 Å². The van der Waals surface area contributed by atoms with Gasteiger partial charge in [-0.2, -0.15) is 11.8 Å². The van der Waals surface area contributed by atoms with Crippen LogP contribution in [0, 0.1) is 0 Å². The molecule has 6 heteroatoms. The third kappa shape index (κ3) is 4.40. The standard InChI is InChI=1S/C10H17N3OS2/c1-3-15-5-4-7(2)12-9(14)8-6-16-10(11)13-8/h6-7H,3-5H2,1-2H3,(H2,11,13)(H,12,14). The number of rotatable bonds is 6. The van der Waals surface area contributed by atoms with Gasteiger partial charge in [0.2, 0.25) is 0 Å². The number of thiazole rings is 1. The van der Waals surface area contributed by atoms with E-state index in [0.717, 1.165) is 17.9 Å². The van der Waals surface area contributed by atoms with Crippen molar-refractivity contribution in [1.29, 1.82) is 0 Å².